The molecule has 0 aliphatic carbocycles. The van der Waals surface area contributed by atoms with E-state index in [0.717, 1.165) is 55.9 Å². The van der Waals surface area contributed by atoms with Crippen LogP contribution in [0.4, 0.5) is 0 Å². The molecule has 1 aromatic heterocycles. The van der Waals surface area contributed by atoms with E-state index in [1.54, 1.807) is 0 Å². The van der Waals surface area contributed by atoms with Crippen LogP contribution in [-0.2, 0) is 24.2 Å². The Balaban J connectivity index is 1.28. The summed E-state index contributed by atoms with van der Waals surface area (Å²) in [5.41, 5.74) is 1.95. The van der Waals surface area contributed by atoms with Gasteiger partial charge in [-0.25, -0.2) is 0 Å². The van der Waals surface area contributed by atoms with Crippen molar-refractivity contribution in [3.8, 4) is 5.75 Å². The normalized spacial score (nSPS) is 20.2. The second-order valence-corrected chi connectivity index (χ2v) is 7.49. The van der Waals surface area contributed by atoms with Crippen molar-refractivity contribution < 1.29 is 14.6 Å². The van der Waals surface area contributed by atoms with Crippen molar-refractivity contribution in [1.29, 1.82) is 0 Å². The van der Waals surface area contributed by atoms with E-state index in [4.69, 9.17) is 9.84 Å². The van der Waals surface area contributed by atoms with Crippen LogP contribution in [0.3, 0.4) is 0 Å². The molecule has 27 heavy (non-hydrogen) atoms. The fourth-order valence-electron chi connectivity index (χ4n) is 4.00. The van der Waals surface area contributed by atoms with Crippen LogP contribution in [0.15, 0.2) is 30.5 Å². The number of amides is 1. The molecule has 2 aliphatic rings. The highest BCUT2D eigenvalue weighted by Crippen LogP contribution is 2.29. The summed E-state index contributed by atoms with van der Waals surface area (Å²) in [6.45, 7) is 2.97. The van der Waals surface area contributed by atoms with E-state index >= 15 is 0 Å². The Morgan fingerprint density at radius 3 is 2.89 bits per heavy atom. The third-order valence-electron chi connectivity index (χ3n) is 5.55. The maximum atomic E-state index is 12.9. The van der Waals surface area contributed by atoms with Crippen molar-refractivity contribution in [3.05, 3.63) is 41.7 Å². The SMILES string of the molecule is O=C([C@@H]1COc2ccccc2C1)N1CCC(Cn2cc(CCO)nn2)CC1. The molecule has 3 heterocycles. The molecule has 1 fully saturated rings. The van der Waals surface area contributed by atoms with E-state index in [1.807, 2.05) is 40.0 Å². The van der Waals surface area contributed by atoms with E-state index in [9.17, 15) is 4.79 Å². The number of hydrogen-bond donors (Lipinski definition) is 1. The molecule has 0 bridgehead atoms. The average molecular weight is 370 g/mol. The van der Waals surface area contributed by atoms with Crippen LogP contribution >= 0.6 is 0 Å². The minimum absolute atomic E-state index is 0.0761. The topological polar surface area (TPSA) is 80.5 Å². The number of likely N-dealkylation sites (tertiary alicyclic amines) is 1. The summed E-state index contributed by atoms with van der Waals surface area (Å²) >= 11 is 0. The minimum Gasteiger partial charge on any atom is -0.492 e. The van der Waals surface area contributed by atoms with Crippen molar-refractivity contribution in [3.63, 3.8) is 0 Å². The summed E-state index contributed by atoms with van der Waals surface area (Å²) in [6.07, 6.45) is 5.17. The molecule has 7 heteroatoms. The minimum atomic E-state index is -0.0761. The van der Waals surface area contributed by atoms with Crippen LogP contribution in [0.25, 0.3) is 0 Å². The Kier molecular flexibility index (Phi) is 5.38. The maximum Gasteiger partial charge on any atom is 0.229 e. The standard InChI is InChI=1S/C20H26N4O3/c25-10-7-18-13-24(22-21-18)12-15-5-8-23(9-6-15)20(26)17-11-16-3-1-2-4-19(16)27-14-17/h1-4,13,15,17,25H,5-12,14H2/t17-/m0/s1. The number of benzene rings is 1. The summed E-state index contributed by atoms with van der Waals surface area (Å²) in [7, 11) is 0. The van der Waals surface area contributed by atoms with Crippen molar-refractivity contribution in [2.24, 2.45) is 11.8 Å². The zero-order valence-corrected chi connectivity index (χ0v) is 15.5. The number of piperidine rings is 1. The molecular formula is C20H26N4O3. The molecule has 1 N–H and O–H groups in total. The number of rotatable bonds is 5. The fraction of sp³-hybridized carbons (Fsp3) is 0.550. The van der Waals surface area contributed by atoms with Gasteiger partial charge in [0, 0.05) is 38.9 Å². The van der Waals surface area contributed by atoms with Crippen LogP contribution in [0.1, 0.15) is 24.1 Å². The van der Waals surface area contributed by atoms with Gasteiger partial charge in [-0.2, -0.15) is 0 Å². The monoisotopic (exact) mass is 370 g/mol. The number of para-hydroxylation sites is 1. The molecule has 1 saturated heterocycles. The first-order chi connectivity index (χ1) is 13.2. The Bertz CT molecular complexity index is 783. The van der Waals surface area contributed by atoms with E-state index in [-0.39, 0.29) is 18.4 Å². The van der Waals surface area contributed by atoms with Gasteiger partial charge in [0.05, 0.1) is 11.6 Å². The largest absolute Gasteiger partial charge is 0.492 e. The van der Waals surface area contributed by atoms with Gasteiger partial charge in [-0.05, 0) is 36.8 Å². The average Bonchev–Trinajstić information content (AvgIpc) is 3.15. The number of hydrogen-bond acceptors (Lipinski definition) is 5. The highest BCUT2D eigenvalue weighted by atomic mass is 16.5. The Hall–Kier alpha value is -2.41. The second-order valence-electron chi connectivity index (χ2n) is 7.49. The molecule has 1 atom stereocenters. The molecule has 4 rings (SSSR count). The number of aliphatic hydroxyl groups is 1. The fourth-order valence-corrected chi connectivity index (χ4v) is 4.00. The van der Waals surface area contributed by atoms with Gasteiger partial charge in [0.15, 0.2) is 0 Å². The molecule has 0 spiro atoms. The van der Waals surface area contributed by atoms with Gasteiger partial charge in [0.2, 0.25) is 5.91 Å². The van der Waals surface area contributed by atoms with E-state index in [2.05, 4.69) is 10.3 Å². The molecule has 2 aliphatic heterocycles. The molecular weight excluding hydrogens is 344 g/mol. The van der Waals surface area contributed by atoms with Crippen molar-refractivity contribution in [2.75, 3.05) is 26.3 Å². The zero-order chi connectivity index (χ0) is 18.6. The number of aromatic nitrogens is 3. The van der Waals surface area contributed by atoms with Crippen molar-refractivity contribution in [1.82, 2.24) is 19.9 Å². The number of aliphatic hydroxyl groups excluding tert-OH is 1. The first-order valence-electron chi connectivity index (χ1n) is 9.72. The number of carbonyl (C=O) groups excluding carboxylic acids is 1. The lowest BCUT2D eigenvalue weighted by molar-refractivity contribution is -0.138. The summed E-state index contributed by atoms with van der Waals surface area (Å²) in [6, 6.07) is 7.98. The van der Waals surface area contributed by atoms with Crippen molar-refractivity contribution >= 4 is 5.91 Å². The summed E-state index contributed by atoms with van der Waals surface area (Å²) < 4.78 is 7.65. The predicted octanol–water partition coefficient (Wildman–Crippen LogP) is 1.30. The quantitative estimate of drug-likeness (QED) is 0.858. The lowest BCUT2D eigenvalue weighted by atomic mass is 9.92. The van der Waals surface area contributed by atoms with Gasteiger partial charge >= 0.3 is 0 Å². The summed E-state index contributed by atoms with van der Waals surface area (Å²) in [5.74, 6) is 1.55. The van der Waals surface area contributed by atoms with E-state index in [0.29, 0.717) is 18.9 Å². The molecule has 0 unspecified atom stereocenters. The van der Waals surface area contributed by atoms with Gasteiger partial charge in [0.1, 0.15) is 12.4 Å². The highest BCUT2D eigenvalue weighted by molar-refractivity contribution is 5.80. The first-order valence-corrected chi connectivity index (χ1v) is 9.72. The lowest BCUT2D eigenvalue weighted by Gasteiger charge is -2.35. The number of carbonyl (C=O) groups is 1. The van der Waals surface area contributed by atoms with E-state index in [1.165, 1.54) is 0 Å². The highest BCUT2D eigenvalue weighted by Gasteiger charge is 2.31. The number of ether oxygens (including phenoxy) is 1. The van der Waals surface area contributed by atoms with Gasteiger partial charge in [-0.15, -0.1) is 5.10 Å². The zero-order valence-electron chi connectivity index (χ0n) is 15.5. The predicted molar refractivity (Wildman–Crippen MR) is 99.2 cm³/mol. The summed E-state index contributed by atoms with van der Waals surface area (Å²) in [5, 5.41) is 17.2. The lowest BCUT2D eigenvalue weighted by Crippen LogP contribution is -2.45. The molecule has 0 radical (unpaired) electrons. The van der Waals surface area contributed by atoms with E-state index < -0.39 is 0 Å². The van der Waals surface area contributed by atoms with Gasteiger partial charge in [-0.1, -0.05) is 23.4 Å². The first kappa shape index (κ1) is 18.0. The second kappa shape index (κ2) is 8.08. The van der Waals surface area contributed by atoms with Crippen LogP contribution in [0, 0.1) is 11.8 Å². The molecule has 1 amide bonds. The molecule has 144 valence electrons. The third-order valence-corrected chi connectivity index (χ3v) is 5.55. The summed E-state index contributed by atoms with van der Waals surface area (Å²) in [4.78, 5) is 14.9. The van der Waals surface area contributed by atoms with Crippen LogP contribution < -0.4 is 4.74 Å². The molecule has 2 aromatic rings. The molecule has 7 nitrogen and oxygen atoms in total. The molecule has 0 saturated carbocycles. The van der Waals surface area contributed by atoms with Crippen LogP contribution in [0.5, 0.6) is 5.75 Å². The number of fused-ring (bicyclic) bond motifs is 1. The van der Waals surface area contributed by atoms with Gasteiger partial charge in [0.25, 0.3) is 0 Å². The third kappa shape index (κ3) is 4.13. The van der Waals surface area contributed by atoms with Gasteiger partial charge in [-0.3, -0.25) is 9.48 Å². The Morgan fingerprint density at radius 2 is 2.07 bits per heavy atom. The number of nitrogens with zero attached hydrogens (tertiary/aromatic N) is 4. The van der Waals surface area contributed by atoms with Crippen LogP contribution in [-0.4, -0.2) is 57.2 Å². The van der Waals surface area contributed by atoms with Gasteiger partial charge < -0.3 is 14.7 Å². The Morgan fingerprint density at radius 1 is 1.26 bits per heavy atom. The van der Waals surface area contributed by atoms with Crippen LogP contribution in [0.2, 0.25) is 0 Å². The Labute approximate surface area is 158 Å². The van der Waals surface area contributed by atoms with Crippen molar-refractivity contribution in [2.45, 2.75) is 32.2 Å². The maximum absolute atomic E-state index is 12.9. The molecule has 1 aromatic carbocycles. The smallest absolute Gasteiger partial charge is 0.229 e.